The van der Waals surface area contributed by atoms with E-state index in [9.17, 15) is 4.79 Å². The van der Waals surface area contributed by atoms with E-state index >= 15 is 0 Å². The fraction of sp³-hybridized carbons (Fsp3) is 0.708. The number of esters is 1. The lowest BCUT2D eigenvalue weighted by atomic mass is 9.84. The SMILES string of the molecule is CC=CC1CC(C=CC2CC(C)C3CC=CC23)C(CC)C1C(=O)OCC. The van der Waals surface area contributed by atoms with Crippen LogP contribution < -0.4 is 0 Å². The zero-order valence-electron chi connectivity index (χ0n) is 16.9. The highest BCUT2D eigenvalue weighted by Crippen LogP contribution is 2.49. The van der Waals surface area contributed by atoms with Crippen LogP contribution in [0.2, 0.25) is 0 Å². The van der Waals surface area contributed by atoms with Crippen LogP contribution >= 0.6 is 0 Å². The minimum absolute atomic E-state index is 0.00614. The van der Waals surface area contributed by atoms with E-state index in [-0.39, 0.29) is 11.9 Å². The lowest BCUT2D eigenvalue weighted by Crippen LogP contribution is -2.27. The molecular weight excluding hydrogens is 320 g/mol. The second-order valence-electron chi connectivity index (χ2n) is 8.61. The fourth-order valence-electron chi connectivity index (χ4n) is 6.05. The maximum absolute atomic E-state index is 12.6. The highest BCUT2D eigenvalue weighted by Gasteiger charge is 2.45. The lowest BCUT2D eigenvalue weighted by molar-refractivity contribution is -0.150. The molecule has 8 unspecified atom stereocenters. The monoisotopic (exact) mass is 356 g/mol. The van der Waals surface area contributed by atoms with Crippen molar-refractivity contribution >= 4 is 5.97 Å². The van der Waals surface area contributed by atoms with Crippen molar-refractivity contribution in [2.45, 2.75) is 53.4 Å². The number of carbonyl (C=O) groups excluding carboxylic acids is 1. The Hall–Kier alpha value is -1.31. The number of ether oxygens (including phenoxy) is 1. The van der Waals surface area contributed by atoms with Crippen LogP contribution in [0.15, 0.2) is 36.5 Å². The molecule has 8 atom stereocenters. The third kappa shape index (κ3) is 3.70. The van der Waals surface area contributed by atoms with Gasteiger partial charge in [0.1, 0.15) is 0 Å². The standard InChI is InChI=1S/C24H36O2/c1-5-9-19-15-18(20(6-2)23(19)24(25)26-7-3)13-12-17-14-16(4)21-10-8-11-22(17)21/h5,8-9,11-13,16-23H,6-7,10,14-15H2,1-4H3. The van der Waals surface area contributed by atoms with Gasteiger partial charge in [0.15, 0.2) is 0 Å². The Balaban J connectivity index is 1.74. The summed E-state index contributed by atoms with van der Waals surface area (Å²) in [6.45, 7) is 9.08. The van der Waals surface area contributed by atoms with Gasteiger partial charge in [0.2, 0.25) is 0 Å². The molecule has 2 heteroatoms. The topological polar surface area (TPSA) is 26.3 Å². The predicted molar refractivity (Wildman–Crippen MR) is 107 cm³/mol. The molecule has 3 aliphatic rings. The molecular formula is C24H36O2. The molecule has 144 valence electrons. The van der Waals surface area contributed by atoms with Gasteiger partial charge < -0.3 is 4.74 Å². The van der Waals surface area contributed by atoms with Crippen LogP contribution in [0.3, 0.4) is 0 Å². The summed E-state index contributed by atoms with van der Waals surface area (Å²) in [6.07, 6.45) is 18.8. The van der Waals surface area contributed by atoms with E-state index in [0.29, 0.717) is 30.3 Å². The van der Waals surface area contributed by atoms with E-state index in [1.807, 2.05) is 6.92 Å². The Morgan fingerprint density at radius 1 is 1.12 bits per heavy atom. The fourth-order valence-corrected chi connectivity index (χ4v) is 6.05. The first-order valence-corrected chi connectivity index (χ1v) is 10.7. The van der Waals surface area contributed by atoms with Gasteiger partial charge in [-0.3, -0.25) is 4.79 Å². The molecule has 3 aliphatic carbocycles. The van der Waals surface area contributed by atoms with Crippen molar-refractivity contribution in [3.63, 3.8) is 0 Å². The zero-order valence-corrected chi connectivity index (χ0v) is 16.9. The first-order valence-electron chi connectivity index (χ1n) is 10.7. The molecule has 0 radical (unpaired) electrons. The van der Waals surface area contributed by atoms with Gasteiger partial charge in [-0.1, -0.05) is 56.7 Å². The van der Waals surface area contributed by atoms with Gasteiger partial charge in [-0.2, -0.15) is 0 Å². The van der Waals surface area contributed by atoms with E-state index < -0.39 is 0 Å². The number of allylic oxidation sites excluding steroid dienone is 6. The highest BCUT2D eigenvalue weighted by molar-refractivity contribution is 5.74. The van der Waals surface area contributed by atoms with Crippen LogP contribution in [-0.2, 0) is 9.53 Å². The summed E-state index contributed by atoms with van der Waals surface area (Å²) in [6, 6.07) is 0. The molecule has 0 saturated heterocycles. The third-order valence-electron chi connectivity index (χ3n) is 7.22. The largest absolute Gasteiger partial charge is 0.466 e. The molecule has 3 rings (SSSR count). The van der Waals surface area contributed by atoms with Gasteiger partial charge in [-0.25, -0.2) is 0 Å². The smallest absolute Gasteiger partial charge is 0.309 e. The summed E-state index contributed by atoms with van der Waals surface area (Å²) in [5, 5.41) is 0. The van der Waals surface area contributed by atoms with E-state index in [2.05, 4.69) is 57.2 Å². The van der Waals surface area contributed by atoms with Crippen LogP contribution in [-0.4, -0.2) is 12.6 Å². The normalized spacial score (nSPS) is 42.2. The average molecular weight is 357 g/mol. The van der Waals surface area contributed by atoms with Crippen LogP contribution in [0.25, 0.3) is 0 Å². The molecule has 0 aromatic carbocycles. The first kappa shape index (κ1) is 19.5. The molecule has 0 N–H and O–H groups in total. The van der Waals surface area contributed by atoms with Gasteiger partial charge in [0.05, 0.1) is 12.5 Å². The predicted octanol–water partition coefficient (Wildman–Crippen LogP) is 5.81. The van der Waals surface area contributed by atoms with Crippen molar-refractivity contribution in [2.75, 3.05) is 6.61 Å². The third-order valence-corrected chi connectivity index (χ3v) is 7.22. The minimum atomic E-state index is 0.00614. The summed E-state index contributed by atoms with van der Waals surface area (Å²) in [4.78, 5) is 12.6. The Morgan fingerprint density at radius 3 is 2.58 bits per heavy atom. The lowest BCUT2D eigenvalue weighted by Gasteiger charge is -2.22. The number of hydrogen-bond donors (Lipinski definition) is 0. The van der Waals surface area contributed by atoms with Crippen molar-refractivity contribution in [3.8, 4) is 0 Å². The Bertz CT molecular complexity index is 573. The minimum Gasteiger partial charge on any atom is -0.466 e. The number of fused-ring (bicyclic) bond motifs is 1. The summed E-state index contributed by atoms with van der Waals surface area (Å²) < 4.78 is 5.43. The number of hydrogen-bond acceptors (Lipinski definition) is 2. The van der Waals surface area contributed by atoms with Crippen molar-refractivity contribution < 1.29 is 9.53 Å². The maximum Gasteiger partial charge on any atom is 0.309 e. The molecule has 0 aromatic heterocycles. The summed E-state index contributed by atoms with van der Waals surface area (Å²) in [5.41, 5.74) is 0. The second kappa shape index (κ2) is 8.59. The second-order valence-corrected chi connectivity index (χ2v) is 8.61. The van der Waals surface area contributed by atoms with Crippen molar-refractivity contribution in [1.82, 2.24) is 0 Å². The highest BCUT2D eigenvalue weighted by atomic mass is 16.5. The van der Waals surface area contributed by atoms with Crippen LogP contribution in [0.1, 0.15) is 53.4 Å². The van der Waals surface area contributed by atoms with Crippen molar-refractivity contribution in [3.05, 3.63) is 36.5 Å². The van der Waals surface area contributed by atoms with Gasteiger partial charge in [0.25, 0.3) is 0 Å². The zero-order chi connectivity index (χ0) is 18.7. The van der Waals surface area contributed by atoms with E-state index in [1.165, 1.54) is 12.8 Å². The Morgan fingerprint density at radius 2 is 1.88 bits per heavy atom. The molecule has 0 spiro atoms. The number of carbonyl (C=O) groups is 1. The maximum atomic E-state index is 12.6. The molecule has 0 heterocycles. The van der Waals surface area contributed by atoms with E-state index in [4.69, 9.17) is 4.74 Å². The first-order chi connectivity index (χ1) is 12.6. The van der Waals surface area contributed by atoms with Crippen LogP contribution in [0.4, 0.5) is 0 Å². The quantitative estimate of drug-likeness (QED) is 0.443. The molecule has 2 fully saturated rings. The van der Waals surface area contributed by atoms with Crippen LogP contribution in [0, 0.1) is 47.3 Å². The van der Waals surface area contributed by atoms with Gasteiger partial charge in [0, 0.05) is 0 Å². The number of rotatable bonds is 6. The van der Waals surface area contributed by atoms with Crippen molar-refractivity contribution in [2.24, 2.45) is 47.3 Å². The van der Waals surface area contributed by atoms with Crippen LogP contribution in [0.5, 0.6) is 0 Å². The molecule has 0 bridgehead atoms. The molecule has 26 heavy (non-hydrogen) atoms. The van der Waals surface area contributed by atoms with Gasteiger partial charge in [-0.05, 0) is 74.5 Å². The van der Waals surface area contributed by atoms with Gasteiger partial charge >= 0.3 is 5.97 Å². The summed E-state index contributed by atoms with van der Waals surface area (Å²) >= 11 is 0. The van der Waals surface area contributed by atoms with Crippen molar-refractivity contribution in [1.29, 1.82) is 0 Å². The van der Waals surface area contributed by atoms with Gasteiger partial charge in [-0.15, -0.1) is 0 Å². The average Bonchev–Trinajstić information content (AvgIpc) is 3.29. The molecule has 0 amide bonds. The Kier molecular flexibility index (Phi) is 6.42. The van der Waals surface area contributed by atoms with E-state index in [1.54, 1.807) is 0 Å². The molecule has 2 saturated carbocycles. The van der Waals surface area contributed by atoms with E-state index in [0.717, 1.165) is 30.6 Å². The summed E-state index contributed by atoms with van der Waals surface area (Å²) in [7, 11) is 0. The molecule has 2 nitrogen and oxygen atoms in total. The molecule has 0 aromatic rings. The Labute approximate surface area is 159 Å². The summed E-state index contributed by atoms with van der Waals surface area (Å²) in [5.74, 6) is 4.37. The molecule has 0 aliphatic heterocycles.